The van der Waals surface area contributed by atoms with Gasteiger partial charge in [0, 0.05) is 18.0 Å². The van der Waals surface area contributed by atoms with Gasteiger partial charge in [0.05, 0.1) is 5.25 Å². The first kappa shape index (κ1) is 15.5. The minimum Gasteiger partial charge on any atom is -0.337 e. The molecule has 23 heavy (non-hydrogen) atoms. The van der Waals surface area contributed by atoms with Crippen molar-refractivity contribution in [3.05, 3.63) is 46.8 Å². The van der Waals surface area contributed by atoms with Gasteiger partial charge in [0.1, 0.15) is 6.54 Å². The van der Waals surface area contributed by atoms with E-state index in [2.05, 4.69) is 27.2 Å². The smallest absolute Gasteiger partial charge is 0.337 e. The molecule has 0 amide bonds. The molecular weight excluding hydrogens is 318 g/mol. The Bertz CT molecular complexity index is 826. The van der Waals surface area contributed by atoms with E-state index in [0.29, 0.717) is 17.5 Å². The molecule has 3 rings (SSSR count). The van der Waals surface area contributed by atoms with Gasteiger partial charge in [-0.25, -0.2) is 9.36 Å². The van der Waals surface area contributed by atoms with Gasteiger partial charge < -0.3 is 4.52 Å². The second kappa shape index (κ2) is 6.78. The fraction of sp³-hybridized carbons (Fsp3) is 0.357. The molecule has 9 heteroatoms. The van der Waals surface area contributed by atoms with Crippen molar-refractivity contribution in [2.75, 3.05) is 5.75 Å². The second-order valence-electron chi connectivity index (χ2n) is 4.74. The van der Waals surface area contributed by atoms with Crippen LogP contribution in [0.15, 0.2) is 38.4 Å². The predicted molar refractivity (Wildman–Crippen MR) is 83.9 cm³/mol. The van der Waals surface area contributed by atoms with Crippen molar-refractivity contribution in [2.24, 2.45) is 0 Å². The number of hydrogen-bond acceptors (Lipinski definition) is 8. The summed E-state index contributed by atoms with van der Waals surface area (Å²) in [6.07, 6.45) is 3.24. The Labute approximate surface area is 135 Å². The topological polar surface area (TPSA) is 99.8 Å². The molecule has 0 fully saturated rings. The van der Waals surface area contributed by atoms with E-state index >= 15 is 0 Å². The Morgan fingerprint density at radius 2 is 2.04 bits per heavy atom. The Hall–Kier alpha value is -2.42. The Kier molecular flexibility index (Phi) is 4.56. The lowest BCUT2D eigenvalue weighted by atomic mass is 10.2. The van der Waals surface area contributed by atoms with Crippen molar-refractivity contribution in [2.45, 2.75) is 25.6 Å². The van der Waals surface area contributed by atoms with Gasteiger partial charge in [0.2, 0.25) is 5.89 Å². The van der Waals surface area contributed by atoms with Crippen LogP contribution in [0.1, 0.15) is 30.8 Å². The van der Waals surface area contributed by atoms with Crippen LogP contribution >= 0.6 is 11.8 Å². The largest absolute Gasteiger partial charge is 0.442 e. The van der Waals surface area contributed by atoms with Crippen molar-refractivity contribution in [3.63, 3.8) is 0 Å². The molecule has 0 aliphatic carbocycles. The normalized spacial score (nSPS) is 12.4. The summed E-state index contributed by atoms with van der Waals surface area (Å²) in [6.45, 7) is 4.19. The maximum atomic E-state index is 11.9. The third kappa shape index (κ3) is 3.34. The minimum absolute atomic E-state index is 0.108. The summed E-state index contributed by atoms with van der Waals surface area (Å²) < 4.78 is 11.3. The molecule has 0 spiro atoms. The van der Waals surface area contributed by atoms with E-state index in [9.17, 15) is 4.79 Å². The maximum Gasteiger partial charge on any atom is 0.442 e. The number of thioether (sulfide) groups is 1. The van der Waals surface area contributed by atoms with Crippen molar-refractivity contribution in [1.29, 1.82) is 0 Å². The predicted octanol–water partition coefficient (Wildman–Crippen LogP) is 2.14. The molecule has 3 aromatic heterocycles. The van der Waals surface area contributed by atoms with Crippen molar-refractivity contribution in [3.8, 4) is 11.4 Å². The van der Waals surface area contributed by atoms with E-state index in [0.717, 1.165) is 11.3 Å². The number of aromatic nitrogens is 5. The molecule has 120 valence electrons. The lowest BCUT2D eigenvalue weighted by molar-refractivity contribution is 0.351. The van der Waals surface area contributed by atoms with E-state index in [1.165, 1.54) is 4.57 Å². The first-order chi connectivity index (χ1) is 11.2. The molecule has 1 atom stereocenters. The minimum atomic E-state index is -0.576. The molecule has 0 radical (unpaired) electrons. The first-order valence-corrected chi connectivity index (χ1v) is 8.15. The van der Waals surface area contributed by atoms with E-state index in [1.807, 2.05) is 6.92 Å². The van der Waals surface area contributed by atoms with E-state index in [4.69, 9.17) is 9.05 Å². The summed E-state index contributed by atoms with van der Waals surface area (Å²) in [5, 5.41) is 7.91. The average Bonchev–Trinajstić information content (AvgIpc) is 3.17. The summed E-state index contributed by atoms with van der Waals surface area (Å²) in [5.74, 6) is 1.73. The second-order valence-corrected chi connectivity index (χ2v) is 6.36. The van der Waals surface area contributed by atoms with Crippen LogP contribution in [0.25, 0.3) is 11.4 Å². The Balaban J connectivity index is 1.87. The SMILES string of the molecule is CCSC(C)c1noc(Cn2c(-c3ccncc3)noc2=O)n1. The number of pyridine rings is 1. The Morgan fingerprint density at radius 3 is 2.78 bits per heavy atom. The highest BCUT2D eigenvalue weighted by molar-refractivity contribution is 7.99. The molecule has 0 saturated carbocycles. The zero-order chi connectivity index (χ0) is 16.2. The van der Waals surface area contributed by atoms with Gasteiger partial charge in [-0.15, -0.1) is 0 Å². The van der Waals surface area contributed by atoms with Crippen LogP contribution in [0.4, 0.5) is 0 Å². The highest BCUT2D eigenvalue weighted by Gasteiger charge is 2.18. The monoisotopic (exact) mass is 333 g/mol. The van der Waals surface area contributed by atoms with E-state index < -0.39 is 5.76 Å². The molecule has 3 aromatic rings. The molecule has 0 aliphatic heterocycles. The fourth-order valence-electron chi connectivity index (χ4n) is 2.07. The van der Waals surface area contributed by atoms with Crippen LogP contribution in [-0.4, -0.2) is 30.6 Å². The van der Waals surface area contributed by atoms with Gasteiger partial charge in [-0.3, -0.25) is 9.51 Å². The lowest BCUT2D eigenvalue weighted by Crippen LogP contribution is -2.16. The standard InChI is InChI=1S/C14H15N5O3S/c1-3-23-9(2)12-16-11(21-17-12)8-19-13(18-22-14(19)20)10-4-6-15-7-5-10/h4-7,9H,3,8H2,1-2H3. The van der Waals surface area contributed by atoms with Gasteiger partial charge in [-0.05, 0) is 24.8 Å². The van der Waals surface area contributed by atoms with Crippen molar-refractivity contribution in [1.82, 2.24) is 24.8 Å². The summed E-state index contributed by atoms with van der Waals surface area (Å²) in [7, 11) is 0. The highest BCUT2D eigenvalue weighted by Crippen LogP contribution is 2.25. The van der Waals surface area contributed by atoms with E-state index in [1.54, 1.807) is 36.3 Å². The highest BCUT2D eigenvalue weighted by atomic mass is 32.2. The molecular formula is C14H15N5O3S. The lowest BCUT2D eigenvalue weighted by Gasteiger charge is -2.02. The summed E-state index contributed by atoms with van der Waals surface area (Å²) in [6, 6.07) is 3.49. The molecule has 0 bridgehead atoms. The fourth-order valence-corrected chi connectivity index (χ4v) is 2.82. The molecule has 0 aromatic carbocycles. The molecule has 0 N–H and O–H groups in total. The van der Waals surface area contributed by atoms with Crippen LogP contribution in [0.2, 0.25) is 0 Å². The number of rotatable bonds is 6. The van der Waals surface area contributed by atoms with Crippen LogP contribution in [0, 0.1) is 0 Å². The summed E-state index contributed by atoms with van der Waals surface area (Å²) in [5.41, 5.74) is 0.723. The van der Waals surface area contributed by atoms with Gasteiger partial charge in [-0.1, -0.05) is 17.2 Å². The average molecular weight is 333 g/mol. The van der Waals surface area contributed by atoms with Crippen molar-refractivity contribution < 1.29 is 9.05 Å². The third-order valence-corrected chi connectivity index (χ3v) is 4.23. The van der Waals surface area contributed by atoms with Crippen LogP contribution in [-0.2, 0) is 6.54 Å². The molecule has 1 unspecified atom stereocenters. The van der Waals surface area contributed by atoms with Gasteiger partial charge >= 0.3 is 5.76 Å². The first-order valence-electron chi connectivity index (χ1n) is 7.10. The third-order valence-electron chi connectivity index (χ3n) is 3.18. The zero-order valence-electron chi connectivity index (χ0n) is 12.7. The quantitative estimate of drug-likeness (QED) is 0.676. The summed E-state index contributed by atoms with van der Waals surface area (Å²) in [4.78, 5) is 20.2. The van der Waals surface area contributed by atoms with Crippen LogP contribution < -0.4 is 5.76 Å². The molecule has 0 saturated heterocycles. The van der Waals surface area contributed by atoms with E-state index in [-0.39, 0.29) is 11.8 Å². The van der Waals surface area contributed by atoms with Gasteiger partial charge in [0.15, 0.2) is 11.6 Å². The number of nitrogens with zero attached hydrogens (tertiary/aromatic N) is 5. The maximum absolute atomic E-state index is 11.9. The van der Waals surface area contributed by atoms with Gasteiger partial charge in [-0.2, -0.15) is 16.7 Å². The molecule has 3 heterocycles. The molecule has 0 aliphatic rings. The van der Waals surface area contributed by atoms with Crippen LogP contribution in [0.5, 0.6) is 0 Å². The Morgan fingerprint density at radius 1 is 1.26 bits per heavy atom. The number of hydrogen-bond donors (Lipinski definition) is 0. The van der Waals surface area contributed by atoms with Gasteiger partial charge in [0.25, 0.3) is 0 Å². The van der Waals surface area contributed by atoms with Crippen LogP contribution in [0.3, 0.4) is 0 Å². The summed E-state index contributed by atoms with van der Waals surface area (Å²) >= 11 is 1.72. The molecule has 8 nitrogen and oxygen atoms in total. The van der Waals surface area contributed by atoms with Crippen molar-refractivity contribution >= 4 is 11.8 Å². The zero-order valence-corrected chi connectivity index (χ0v) is 13.5.